The quantitative estimate of drug-likeness (QED) is 0.182. The Labute approximate surface area is 243 Å². The van der Waals surface area contributed by atoms with Crippen LogP contribution in [0.1, 0.15) is 38.8 Å². The molecule has 4 aromatic carbocycles. The first kappa shape index (κ1) is 28.1. The number of anilines is 1. The minimum atomic E-state index is -4.41. The van der Waals surface area contributed by atoms with Crippen LogP contribution in [0.5, 0.6) is 0 Å². The summed E-state index contributed by atoms with van der Waals surface area (Å²) in [6.07, 6.45) is 0. The predicted molar refractivity (Wildman–Crippen MR) is 159 cm³/mol. The number of carbonyl (C=O) groups is 2. The van der Waals surface area contributed by atoms with Gasteiger partial charge >= 0.3 is 5.97 Å². The molecule has 0 spiro atoms. The van der Waals surface area contributed by atoms with Gasteiger partial charge in [-0.1, -0.05) is 59.6 Å². The Hall–Kier alpha value is -4.40. The highest BCUT2D eigenvalue weighted by atomic mass is 35.5. The SMILES string of the molecule is CCOC(=O)c1c(-c2ccccc2)oc2ccc(N(C(=O)c3ccc(Cl)cc3)S(=O)(=O)c3ccc(C)cc3C)cc12. The van der Waals surface area contributed by atoms with Gasteiger partial charge in [-0.15, -0.1) is 0 Å². The van der Waals surface area contributed by atoms with Gasteiger partial charge in [0.1, 0.15) is 16.9 Å². The van der Waals surface area contributed by atoms with E-state index in [0.29, 0.717) is 27.1 Å². The molecule has 208 valence electrons. The van der Waals surface area contributed by atoms with Crippen molar-refractivity contribution in [2.24, 2.45) is 0 Å². The molecule has 0 bridgehead atoms. The van der Waals surface area contributed by atoms with Crippen LogP contribution in [0.2, 0.25) is 5.02 Å². The van der Waals surface area contributed by atoms with Crippen molar-refractivity contribution in [3.8, 4) is 11.3 Å². The molecule has 9 heteroatoms. The summed E-state index contributed by atoms with van der Waals surface area (Å²) in [5.74, 6) is -1.13. The van der Waals surface area contributed by atoms with Gasteiger partial charge in [-0.05, 0) is 74.9 Å². The van der Waals surface area contributed by atoms with Crippen LogP contribution in [0.3, 0.4) is 0 Å². The van der Waals surface area contributed by atoms with Crippen LogP contribution in [0.4, 0.5) is 5.69 Å². The standard InChI is InChI=1S/C32H26ClNO6S/c1-4-39-32(36)29-26-19-25(15-16-27(26)40-30(29)22-8-6-5-7-9-22)34(31(35)23-11-13-24(33)14-12-23)41(37,38)28-17-10-20(2)18-21(28)3/h5-19H,4H2,1-3H3. The van der Waals surface area contributed by atoms with E-state index in [9.17, 15) is 18.0 Å². The normalized spacial score (nSPS) is 11.4. The molecule has 0 fully saturated rings. The number of carbonyl (C=O) groups excluding carboxylic acids is 2. The Kier molecular flexibility index (Phi) is 7.71. The number of nitrogens with zero attached hydrogens (tertiary/aromatic N) is 1. The number of benzene rings is 4. The van der Waals surface area contributed by atoms with Crippen LogP contribution in [0.25, 0.3) is 22.3 Å². The molecule has 0 saturated heterocycles. The number of amides is 1. The molecule has 1 heterocycles. The minimum Gasteiger partial charge on any atom is -0.462 e. The molecule has 5 aromatic rings. The average molecular weight is 588 g/mol. The third-order valence-corrected chi connectivity index (χ3v) is 8.67. The lowest BCUT2D eigenvalue weighted by Crippen LogP contribution is -2.37. The second-order valence-electron chi connectivity index (χ2n) is 9.42. The van der Waals surface area contributed by atoms with Crippen molar-refractivity contribution in [1.29, 1.82) is 0 Å². The van der Waals surface area contributed by atoms with E-state index in [-0.39, 0.29) is 34.1 Å². The maximum absolute atomic E-state index is 14.2. The number of halogens is 1. The van der Waals surface area contributed by atoms with E-state index in [1.807, 2.05) is 25.1 Å². The molecule has 5 rings (SSSR count). The first-order chi connectivity index (χ1) is 19.6. The largest absolute Gasteiger partial charge is 0.462 e. The van der Waals surface area contributed by atoms with Gasteiger partial charge in [0.15, 0.2) is 0 Å². The maximum Gasteiger partial charge on any atom is 0.342 e. The molecular formula is C32H26ClNO6S. The fourth-order valence-corrected chi connectivity index (χ4v) is 6.42. The minimum absolute atomic E-state index is 0.0201. The highest BCUT2D eigenvalue weighted by Crippen LogP contribution is 2.38. The number of sulfonamides is 1. The summed E-state index contributed by atoms with van der Waals surface area (Å²) in [5.41, 5.74) is 2.63. The van der Waals surface area contributed by atoms with Gasteiger partial charge in [0.25, 0.3) is 15.9 Å². The van der Waals surface area contributed by atoms with Crippen molar-refractivity contribution >= 4 is 50.2 Å². The lowest BCUT2D eigenvalue weighted by Gasteiger charge is -2.24. The third-order valence-electron chi connectivity index (χ3n) is 6.55. The first-order valence-corrected chi connectivity index (χ1v) is 14.6. The van der Waals surface area contributed by atoms with E-state index in [4.69, 9.17) is 20.8 Å². The highest BCUT2D eigenvalue weighted by molar-refractivity contribution is 7.93. The maximum atomic E-state index is 14.2. The summed E-state index contributed by atoms with van der Waals surface area (Å²) in [5, 5.41) is 0.710. The number of esters is 1. The van der Waals surface area contributed by atoms with Gasteiger partial charge in [0.2, 0.25) is 0 Å². The molecule has 0 saturated carbocycles. The van der Waals surface area contributed by atoms with Crippen LogP contribution >= 0.6 is 11.6 Å². The summed E-state index contributed by atoms with van der Waals surface area (Å²) in [4.78, 5) is 27.1. The predicted octanol–water partition coefficient (Wildman–Crippen LogP) is 7.58. The van der Waals surface area contributed by atoms with Crippen molar-refractivity contribution in [1.82, 2.24) is 0 Å². The van der Waals surface area contributed by atoms with Gasteiger partial charge in [-0.25, -0.2) is 13.2 Å². The molecule has 0 aliphatic rings. The smallest absolute Gasteiger partial charge is 0.342 e. The van der Waals surface area contributed by atoms with Crippen LogP contribution in [-0.4, -0.2) is 26.9 Å². The number of hydrogen-bond donors (Lipinski definition) is 0. The molecule has 41 heavy (non-hydrogen) atoms. The lowest BCUT2D eigenvalue weighted by atomic mass is 10.1. The van der Waals surface area contributed by atoms with E-state index in [2.05, 4.69) is 0 Å². The van der Waals surface area contributed by atoms with Crippen LogP contribution < -0.4 is 4.31 Å². The van der Waals surface area contributed by atoms with E-state index in [0.717, 1.165) is 9.87 Å². The molecule has 0 aliphatic carbocycles. The number of fused-ring (bicyclic) bond motifs is 1. The topological polar surface area (TPSA) is 93.9 Å². The Morgan fingerprint density at radius 1 is 0.902 bits per heavy atom. The second kappa shape index (κ2) is 11.2. The number of hydrogen-bond acceptors (Lipinski definition) is 6. The molecular weight excluding hydrogens is 562 g/mol. The zero-order valence-electron chi connectivity index (χ0n) is 22.6. The molecule has 0 atom stereocenters. The van der Waals surface area contributed by atoms with E-state index in [1.165, 1.54) is 42.5 Å². The number of aryl methyl sites for hydroxylation is 2. The molecule has 7 nitrogen and oxygen atoms in total. The fourth-order valence-electron chi connectivity index (χ4n) is 4.67. The Balaban J connectivity index is 1.76. The monoisotopic (exact) mass is 587 g/mol. The van der Waals surface area contributed by atoms with Gasteiger partial charge in [0, 0.05) is 21.5 Å². The number of furan rings is 1. The zero-order valence-corrected chi connectivity index (χ0v) is 24.1. The molecule has 0 radical (unpaired) electrons. The third kappa shape index (κ3) is 5.36. The van der Waals surface area contributed by atoms with Crippen molar-refractivity contribution in [2.75, 3.05) is 10.9 Å². The molecule has 1 aromatic heterocycles. The van der Waals surface area contributed by atoms with E-state index < -0.39 is 21.9 Å². The lowest BCUT2D eigenvalue weighted by molar-refractivity contribution is 0.0528. The highest BCUT2D eigenvalue weighted by Gasteiger charge is 2.34. The van der Waals surface area contributed by atoms with Gasteiger partial charge in [-0.3, -0.25) is 4.79 Å². The molecule has 1 amide bonds. The van der Waals surface area contributed by atoms with Crippen LogP contribution in [0.15, 0.2) is 100 Å². The van der Waals surface area contributed by atoms with Gasteiger partial charge in [0.05, 0.1) is 17.2 Å². The summed E-state index contributed by atoms with van der Waals surface area (Å²) < 4.78 is 40.6. The summed E-state index contributed by atoms with van der Waals surface area (Å²) >= 11 is 6.03. The summed E-state index contributed by atoms with van der Waals surface area (Å²) in [6.45, 7) is 5.35. The molecule has 0 unspecified atom stereocenters. The van der Waals surface area contributed by atoms with Crippen LogP contribution in [0, 0.1) is 13.8 Å². The van der Waals surface area contributed by atoms with Crippen molar-refractivity contribution in [2.45, 2.75) is 25.7 Å². The Morgan fingerprint density at radius 3 is 2.27 bits per heavy atom. The number of rotatable bonds is 7. The van der Waals surface area contributed by atoms with Gasteiger partial charge in [-0.2, -0.15) is 4.31 Å². The average Bonchev–Trinajstić information content (AvgIpc) is 3.33. The second-order valence-corrected chi connectivity index (χ2v) is 11.6. The number of ether oxygens (including phenoxy) is 1. The zero-order chi connectivity index (χ0) is 29.3. The van der Waals surface area contributed by atoms with E-state index >= 15 is 0 Å². The summed E-state index contributed by atoms with van der Waals surface area (Å²) in [6, 6.07) is 24.4. The van der Waals surface area contributed by atoms with Crippen LogP contribution in [-0.2, 0) is 14.8 Å². The Morgan fingerprint density at radius 2 is 1.61 bits per heavy atom. The molecule has 0 aliphatic heterocycles. The van der Waals surface area contributed by atoms with Crippen molar-refractivity contribution in [3.05, 3.63) is 118 Å². The van der Waals surface area contributed by atoms with Crippen molar-refractivity contribution < 1.29 is 27.2 Å². The first-order valence-electron chi connectivity index (χ1n) is 12.8. The van der Waals surface area contributed by atoms with E-state index in [1.54, 1.807) is 44.2 Å². The fraction of sp³-hybridized carbons (Fsp3) is 0.125. The Bertz CT molecular complexity index is 1880. The van der Waals surface area contributed by atoms with Crippen molar-refractivity contribution in [3.63, 3.8) is 0 Å². The molecule has 0 N–H and O–H groups in total. The van der Waals surface area contributed by atoms with Gasteiger partial charge < -0.3 is 9.15 Å². The summed E-state index contributed by atoms with van der Waals surface area (Å²) in [7, 11) is -4.41.